The first-order valence-corrected chi connectivity index (χ1v) is 8.18. The van der Waals surface area contributed by atoms with Gasteiger partial charge in [-0.2, -0.15) is 13.2 Å². The predicted octanol–water partition coefficient (Wildman–Crippen LogP) is 5.50. The molecule has 0 bridgehead atoms. The summed E-state index contributed by atoms with van der Waals surface area (Å²) in [4.78, 5) is 4.47. The molecule has 0 aliphatic rings. The average Bonchev–Trinajstić information content (AvgIpc) is 2.98. The van der Waals surface area contributed by atoms with Crippen LogP contribution in [0.1, 0.15) is 51.0 Å². The molecule has 0 atom stereocenters. The topological polar surface area (TPSA) is 27.1 Å². The lowest BCUT2D eigenvalue weighted by atomic mass is 10.0. The molecule has 1 aromatic heterocycles. The van der Waals surface area contributed by atoms with E-state index in [0.29, 0.717) is 12.1 Å². The molecule has 0 amide bonds. The highest BCUT2D eigenvalue weighted by Crippen LogP contribution is 2.39. The van der Waals surface area contributed by atoms with Gasteiger partial charge in [0.25, 0.3) is 0 Å². The third kappa shape index (κ3) is 3.57. The Morgan fingerprint density at radius 2 is 1.83 bits per heavy atom. The van der Waals surface area contributed by atoms with Crippen molar-refractivity contribution in [3.8, 4) is 17.0 Å². The summed E-state index contributed by atoms with van der Waals surface area (Å²) in [6.45, 7) is 6.10. The summed E-state index contributed by atoms with van der Waals surface area (Å²) >= 11 is 0. The first kappa shape index (κ1) is 18.4. The summed E-state index contributed by atoms with van der Waals surface area (Å²) in [5, 5.41) is 0. The number of hydrogen-bond acceptors (Lipinski definition) is 2. The molecule has 2 rings (SSSR count). The van der Waals surface area contributed by atoms with Crippen molar-refractivity contribution in [3.05, 3.63) is 35.8 Å². The lowest BCUT2D eigenvalue weighted by Crippen LogP contribution is -2.09. The summed E-state index contributed by atoms with van der Waals surface area (Å²) in [7, 11) is 1.35. The number of hydrogen-bond donors (Lipinski definition) is 0. The van der Waals surface area contributed by atoms with E-state index in [1.807, 2.05) is 11.5 Å². The van der Waals surface area contributed by atoms with E-state index in [-0.39, 0.29) is 17.4 Å². The fourth-order valence-electron chi connectivity index (χ4n) is 2.93. The van der Waals surface area contributed by atoms with Crippen molar-refractivity contribution in [2.45, 2.75) is 52.3 Å². The lowest BCUT2D eigenvalue weighted by molar-refractivity contribution is -0.137. The molecule has 0 saturated heterocycles. The van der Waals surface area contributed by atoms with Gasteiger partial charge in [0.1, 0.15) is 11.6 Å². The number of ether oxygens (including phenoxy) is 1. The SMILES string of the molecule is CCc1nc(-c2ccc(OC)cc2C(F)(F)F)cn1C(CC)CC. The highest BCUT2D eigenvalue weighted by Gasteiger charge is 2.35. The molecule has 0 aliphatic carbocycles. The predicted molar refractivity (Wildman–Crippen MR) is 88.2 cm³/mol. The Morgan fingerprint density at radius 3 is 2.33 bits per heavy atom. The van der Waals surface area contributed by atoms with Crippen LogP contribution in [-0.2, 0) is 12.6 Å². The van der Waals surface area contributed by atoms with Crippen LogP contribution in [0.5, 0.6) is 5.75 Å². The van der Waals surface area contributed by atoms with E-state index in [1.165, 1.54) is 19.2 Å². The van der Waals surface area contributed by atoms with Gasteiger partial charge in [-0.05, 0) is 31.0 Å². The second-order valence-electron chi connectivity index (χ2n) is 5.68. The van der Waals surface area contributed by atoms with Crippen LogP contribution in [0.4, 0.5) is 13.2 Å². The molecule has 0 saturated carbocycles. The monoisotopic (exact) mass is 340 g/mol. The molecule has 0 spiro atoms. The number of methoxy groups -OCH3 is 1. The zero-order valence-electron chi connectivity index (χ0n) is 14.4. The van der Waals surface area contributed by atoms with Gasteiger partial charge in [0, 0.05) is 24.2 Å². The van der Waals surface area contributed by atoms with E-state index in [0.717, 1.165) is 24.7 Å². The Bertz CT molecular complexity index is 688. The van der Waals surface area contributed by atoms with Gasteiger partial charge in [0.2, 0.25) is 0 Å². The summed E-state index contributed by atoms with van der Waals surface area (Å²) in [5.74, 6) is 0.990. The molecule has 0 aliphatic heterocycles. The van der Waals surface area contributed by atoms with Crippen LogP contribution in [0.2, 0.25) is 0 Å². The first-order valence-electron chi connectivity index (χ1n) is 8.18. The van der Waals surface area contributed by atoms with Crippen molar-refractivity contribution in [1.82, 2.24) is 9.55 Å². The van der Waals surface area contributed by atoms with E-state index >= 15 is 0 Å². The maximum Gasteiger partial charge on any atom is 0.417 e. The minimum atomic E-state index is -4.46. The molecule has 0 unspecified atom stereocenters. The molecule has 6 heteroatoms. The van der Waals surface area contributed by atoms with Gasteiger partial charge < -0.3 is 9.30 Å². The summed E-state index contributed by atoms with van der Waals surface area (Å²) < 4.78 is 47.3. The summed E-state index contributed by atoms with van der Waals surface area (Å²) in [5.41, 5.74) is -0.282. The molecule has 0 radical (unpaired) electrons. The number of alkyl halides is 3. The van der Waals surface area contributed by atoms with Crippen LogP contribution in [0.15, 0.2) is 24.4 Å². The molecular formula is C18H23F3N2O. The van der Waals surface area contributed by atoms with Crippen LogP contribution in [0.25, 0.3) is 11.3 Å². The van der Waals surface area contributed by atoms with Crippen molar-refractivity contribution in [3.63, 3.8) is 0 Å². The zero-order valence-corrected chi connectivity index (χ0v) is 14.4. The Morgan fingerprint density at radius 1 is 1.17 bits per heavy atom. The Kier molecular flexibility index (Phi) is 5.57. The van der Waals surface area contributed by atoms with Crippen molar-refractivity contribution in [1.29, 1.82) is 0 Å². The minimum absolute atomic E-state index is 0.0858. The van der Waals surface area contributed by atoms with E-state index in [4.69, 9.17) is 4.74 Å². The number of nitrogens with zero attached hydrogens (tertiary/aromatic N) is 2. The van der Waals surface area contributed by atoms with Crippen LogP contribution in [0, 0.1) is 0 Å². The fraction of sp³-hybridized carbons (Fsp3) is 0.500. The van der Waals surface area contributed by atoms with Gasteiger partial charge in [-0.25, -0.2) is 4.98 Å². The molecule has 1 heterocycles. The third-order valence-electron chi connectivity index (χ3n) is 4.27. The molecule has 1 aromatic carbocycles. The first-order chi connectivity index (χ1) is 11.3. The van der Waals surface area contributed by atoms with Crippen LogP contribution in [0.3, 0.4) is 0 Å². The highest BCUT2D eigenvalue weighted by atomic mass is 19.4. The summed E-state index contributed by atoms with van der Waals surface area (Å²) in [6, 6.07) is 4.23. The van der Waals surface area contributed by atoms with E-state index < -0.39 is 11.7 Å². The maximum atomic E-state index is 13.4. The van der Waals surface area contributed by atoms with E-state index in [2.05, 4.69) is 18.8 Å². The Labute approximate surface area is 140 Å². The van der Waals surface area contributed by atoms with Gasteiger partial charge in [0.15, 0.2) is 0 Å². The standard InChI is InChI=1S/C18H23F3N2O/c1-5-12(6-2)23-11-16(22-17(23)7-3)14-9-8-13(24-4)10-15(14)18(19,20)21/h8-12H,5-7H2,1-4H3. The van der Waals surface area contributed by atoms with Crippen molar-refractivity contribution in [2.24, 2.45) is 0 Å². The molecule has 0 N–H and O–H groups in total. The number of benzene rings is 1. The number of aromatic nitrogens is 2. The molecule has 2 aromatic rings. The second kappa shape index (κ2) is 7.28. The number of aryl methyl sites for hydroxylation is 1. The van der Waals surface area contributed by atoms with Gasteiger partial charge in [-0.3, -0.25) is 0 Å². The van der Waals surface area contributed by atoms with Gasteiger partial charge in [-0.1, -0.05) is 20.8 Å². The normalized spacial score (nSPS) is 12.0. The highest BCUT2D eigenvalue weighted by molar-refractivity contribution is 5.65. The molecular weight excluding hydrogens is 317 g/mol. The zero-order chi connectivity index (χ0) is 17.9. The lowest BCUT2D eigenvalue weighted by Gasteiger charge is -2.16. The molecule has 0 fully saturated rings. The van der Waals surface area contributed by atoms with Crippen LogP contribution in [-0.4, -0.2) is 16.7 Å². The molecule has 24 heavy (non-hydrogen) atoms. The van der Waals surface area contributed by atoms with Crippen molar-refractivity contribution < 1.29 is 17.9 Å². The Hall–Kier alpha value is -1.98. The average molecular weight is 340 g/mol. The smallest absolute Gasteiger partial charge is 0.417 e. The number of imidazole rings is 1. The minimum Gasteiger partial charge on any atom is -0.497 e. The number of rotatable bonds is 6. The Balaban J connectivity index is 2.60. The quantitative estimate of drug-likeness (QED) is 0.694. The fourth-order valence-corrected chi connectivity index (χ4v) is 2.93. The van der Waals surface area contributed by atoms with Gasteiger partial charge in [-0.15, -0.1) is 0 Å². The summed E-state index contributed by atoms with van der Waals surface area (Å²) in [6.07, 6.45) is -0.224. The van der Waals surface area contributed by atoms with E-state index in [9.17, 15) is 13.2 Å². The van der Waals surface area contributed by atoms with Crippen LogP contribution < -0.4 is 4.74 Å². The van der Waals surface area contributed by atoms with Gasteiger partial charge >= 0.3 is 6.18 Å². The molecule has 132 valence electrons. The largest absolute Gasteiger partial charge is 0.497 e. The maximum absolute atomic E-state index is 13.4. The van der Waals surface area contributed by atoms with E-state index in [1.54, 1.807) is 6.20 Å². The van der Waals surface area contributed by atoms with Crippen molar-refractivity contribution in [2.75, 3.05) is 7.11 Å². The van der Waals surface area contributed by atoms with Crippen molar-refractivity contribution >= 4 is 0 Å². The van der Waals surface area contributed by atoms with Crippen LogP contribution >= 0.6 is 0 Å². The molecule has 3 nitrogen and oxygen atoms in total. The third-order valence-corrected chi connectivity index (χ3v) is 4.27. The van der Waals surface area contributed by atoms with Gasteiger partial charge in [0.05, 0.1) is 18.4 Å². The number of halogens is 3. The second-order valence-corrected chi connectivity index (χ2v) is 5.68.